The van der Waals surface area contributed by atoms with Crippen LogP contribution in [0.2, 0.25) is 0 Å². The Morgan fingerprint density at radius 3 is 1.38 bits per heavy atom. The van der Waals surface area contributed by atoms with Crippen molar-refractivity contribution in [3.63, 3.8) is 0 Å². The van der Waals surface area contributed by atoms with Gasteiger partial charge in [-0.05, 0) is 25.1 Å². The second-order valence-electron chi connectivity index (χ2n) is 9.23. The highest BCUT2D eigenvalue weighted by Crippen LogP contribution is 2.40. The van der Waals surface area contributed by atoms with Crippen LogP contribution in [0.25, 0.3) is 0 Å². The van der Waals surface area contributed by atoms with Gasteiger partial charge in [0.1, 0.15) is 0 Å². The summed E-state index contributed by atoms with van der Waals surface area (Å²) < 4.78 is 12.9. The lowest BCUT2D eigenvalue weighted by atomic mass is 10.1. The second kappa shape index (κ2) is 22.6. The van der Waals surface area contributed by atoms with E-state index < -0.39 is 7.75 Å². The summed E-state index contributed by atoms with van der Waals surface area (Å²) in [6.07, 6.45) is 24.7. The number of nitrogens with zero attached hydrogens (tertiary/aromatic N) is 1. The monoisotopic (exact) mass is 492 g/mol. The van der Waals surface area contributed by atoms with Crippen LogP contribution in [0.3, 0.4) is 0 Å². The number of hydrogen-bond acceptors (Lipinski definition) is 2. The molecule has 0 radical (unpaired) electrons. The van der Waals surface area contributed by atoms with Crippen LogP contribution in [0.15, 0.2) is 0 Å². The molecule has 0 aromatic heterocycles. The Labute approximate surface area is 204 Å². The minimum Gasteiger partial charge on any atom is -0.362 e. The molecule has 0 saturated carbocycles. The molecule has 0 unspecified atom stereocenters. The zero-order chi connectivity index (χ0) is 23.9. The summed E-state index contributed by atoms with van der Waals surface area (Å²) in [5.74, 6) is 0. The first-order chi connectivity index (χ1) is 15.4. The highest BCUT2D eigenvalue weighted by Gasteiger charge is 2.27. The summed E-state index contributed by atoms with van der Waals surface area (Å²) >= 11 is 5.29. The van der Waals surface area contributed by atoms with Crippen molar-refractivity contribution in [2.24, 2.45) is 0 Å². The summed E-state index contributed by atoms with van der Waals surface area (Å²) in [7, 11) is -4.36. The maximum absolute atomic E-state index is 11.9. The van der Waals surface area contributed by atoms with E-state index in [1.165, 1.54) is 96.3 Å². The highest BCUT2D eigenvalue weighted by atomic mass is 32.1. The molecular weight excluding hydrogens is 439 g/mol. The van der Waals surface area contributed by atoms with Gasteiger partial charge in [-0.2, -0.15) is 0 Å². The molecule has 0 heterocycles. The van der Waals surface area contributed by atoms with Gasteiger partial charge in [-0.25, -0.2) is 4.57 Å². The Balaban J connectivity index is 3.79. The SMILES string of the molecule is CCCCCCCCCCCCNC(=S)N(CCCCCCCCCCCC)P(=O)(O)O. The van der Waals surface area contributed by atoms with Gasteiger partial charge in [0.2, 0.25) is 0 Å². The van der Waals surface area contributed by atoms with Gasteiger partial charge in [0.25, 0.3) is 0 Å². The Kier molecular flexibility index (Phi) is 22.5. The predicted molar refractivity (Wildman–Crippen MR) is 143 cm³/mol. The van der Waals surface area contributed by atoms with Crippen LogP contribution in [0.1, 0.15) is 142 Å². The third kappa shape index (κ3) is 20.4. The number of unbranched alkanes of at least 4 members (excludes halogenated alkanes) is 18. The summed E-state index contributed by atoms with van der Waals surface area (Å²) in [6.45, 7) is 5.49. The van der Waals surface area contributed by atoms with Crippen molar-refractivity contribution in [3.05, 3.63) is 0 Å². The molecule has 0 aliphatic rings. The van der Waals surface area contributed by atoms with Gasteiger partial charge >= 0.3 is 7.75 Å². The molecule has 3 N–H and O–H groups in total. The molecule has 0 atom stereocenters. The largest absolute Gasteiger partial charge is 0.431 e. The lowest BCUT2D eigenvalue weighted by Crippen LogP contribution is -2.38. The maximum atomic E-state index is 11.9. The van der Waals surface area contributed by atoms with Crippen molar-refractivity contribution in [1.82, 2.24) is 9.99 Å². The second-order valence-corrected chi connectivity index (χ2v) is 11.1. The molecule has 0 spiro atoms. The molecule has 0 saturated heterocycles. The number of nitrogens with one attached hydrogen (secondary N) is 1. The van der Waals surface area contributed by atoms with Crippen molar-refractivity contribution >= 4 is 25.1 Å². The van der Waals surface area contributed by atoms with E-state index in [4.69, 9.17) is 12.2 Å². The van der Waals surface area contributed by atoms with Gasteiger partial charge in [-0.15, -0.1) is 0 Å². The average molecular weight is 493 g/mol. The van der Waals surface area contributed by atoms with Gasteiger partial charge in [0.05, 0.1) is 0 Å². The molecule has 7 heteroatoms. The van der Waals surface area contributed by atoms with Crippen LogP contribution in [0.5, 0.6) is 0 Å². The molecule has 0 aliphatic heterocycles. The molecule has 192 valence electrons. The molecule has 0 amide bonds. The zero-order valence-corrected chi connectivity index (χ0v) is 22.9. The van der Waals surface area contributed by atoms with E-state index in [1.54, 1.807) is 0 Å². The van der Waals surface area contributed by atoms with E-state index in [1.807, 2.05) is 0 Å². The number of hydrogen-bond donors (Lipinski definition) is 3. The first-order valence-corrected chi connectivity index (χ1v) is 15.5. The number of rotatable bonds is 23. The van der Waals surface area contributed by atoms with Crippen LogP contribution in [-0.4, -0.2) is 32.7 Å². The first-order valence-electron chi connectivity index (χ1n) is 13.5. The molecule has 5 nitrogen and oxygen atoms in total. The highest BCUT2D eigenvalue weighted by molar-refractivity contribution is 7.80. The van der Waals surface area contributed by atoms with Crippen molar-refractivity contribution in [2.45, 2.75) is 142 Å². The van der Waals surface area contributed by atoms with E-state index in [9.17, 15) is 14.4 Å². The fourth-order valence-corrected chi connectivity index (χ4v) is 5.22. The van der Waals surface area contributed by atoms with Gasteiger partial charge < -0.3 is 15.1 Å². The van der Waals surface area contributed by atoms with Crippen LogP contribution in [0.4, 0.5) is 0 Å². The molecule has 0 aromatic rings. The van der Waals surface area contributed by atoms with Gasteiger partial charge in [0, 0.05) is 13.1 Å². The third-order valence-corrected chi connectivity index (χ3v) is 7.61. The third-order valence-electron chi connectivity index (χ3n) is 6.08. The Morgan fingerprint density at radius 1 is 0.656 bits per heavy atom. The molecule has 0 aliphatic carbocycles. The van der Waals surface area contributed by atoms with Crippen molar-refractivity contribution < 1.29 is 14.4 Å². The predicted octanol–water partition coefficient (Wildman–Crippen LogP) is 8.10. The van der Waals surface area contributed by atoms with Crippen LogP contribution in [-0.2, 0) is 4.57 Å². The summed E-state index contributed by atoms with van der Waals surface area (Å²) in [6, 6.07) is 0. The summed E-state index contributed by atoms with van der Waals surface area (Å²) in [4.78, 5) is 19.4. The topological polar surface area (TPSA) is 72.8 Å². The van der Waals surface area contributed by atoms with Crippen molar-refractivity contribution in [2.75, 3.05) is 13.1 Å². The van der Waals surface area contributed by atoms with E-state index >= 15 is 0 Å². The lowest BCUT2D eigenvalue weighted by molar-refractivity contribution is 0.311. The minimum absolute atomic E-state index is 0.199. The molecule has 0 fully saturated rings. The molecule has 32 heavy (non-hydrogen) atoms. The molecule has 0 bridgehead atoms. The average Bonchev–Trinajstić information content (AvgIpc) is 2.74. The summed E-state index contributed by atoms with van der Waals surface area (Å²) in [5, 5.41) is 3.26. The molecule has 0 rings (SSSR count). The minimum atomic E-state index is -4.36. The summed E-state index contributed by atoms with van der Waals surface area (Å²) in [5.41, 5.74) is 0. The van der Waals surface area contributed by atoms with Gasteiger partial charge in [-0.3, -0.25) is 4.67 Å². The smallest absolute Gasteiger partial charge is 0.362 e. The first kappa shape index (κ1) is 31.8. The quantitative estimate of drug-likeness (QED) is 0.0760. The zero-order valence-electron chi connectivity index (χ0n) is 21.2. The fraction of sp³-hybridized carbons (Fsp3) is 0.960. The lowest BCUT2D eigenvalue weighted by Gasteiger charge is -2.26. The van der Waals surface area contributed by atoms with E-state index in [2.05, 4.69) is 19.2 Å². The van der Waals surface area contributed by atoms with E-state index in [-0.39, 0.29) is 5.11 Å². The van der Waals surface area contributed by atoms with E-state index in [0.29, 0.717) is 13.1 Å². The normalized spacial score (nSPS) is 11.6. The Hall–Kier alpha value is -0.160. The fourth-order valence-electron chi connectivity index (χ4n) is 4.00. The van der Waals surface area contributed by atoms with E-state index in [0.717, 1.165) is 36.8 Å². The van der Waals surface area contributed by atoms with Crippen molar-refractivity contribution in [3.8, 4) is 0 Å². The maximum Gasteiger partial charge on any atom is 0.431 e. The van der Waals surface area contributed by atoms with Crippen LogP contribution in [0, 0.1) is 0 Å². The van der Waals surface area contributed by atoms with Gasteiger partial charge in [-0.1, -0.05) is 129 Å². The Bertz CT molecular complexity index is 474. The number of thiocarbonyl (C=S) groups is 1. The van der Waals surface area contributed by atoms with Crippen molar-refractivity contribution in [1.29, 1.82) is 0 Å². The Morgan fingerprint density at radius 2 is 1.00 bits per heavy atom. The van der Waals surface area contributed by atoms with Crippen LogP contribution >= 0.6 is 20.0 Å². The molecule has 0 aromatic carbocycles. The molecular formula is C25H53N2O3PS. The standard InChI is InChI=1S/C25H53N2O3PS/c1-3-5-7-9-11-13-15-17-19-21-23-26-25(32)27(31(28,29)30)24-22-20-18-16-14-12-10-8-6-4-2/h3-24H2,1-2H3,(H,26,32)(H2,28,29,30). The van der Waals surface area contributed by atoms with Crippen LogP contribution < -0.4 is 5.32 Å². The van der Waals surface area contributed by atoms with Gasteiger partial charge in [0.15, 0.2) is 5.11 Å².